The minimum Gasteiger partial charge on any atom is -0.495 e. The van der Waals surface area contributed by atoms with E-state index in [-0.39, 0.29) is 31.0 Å². The molecule has 162 valence electrons. The van der Waals surface area contributed by atoms with Crippen molar-refractivity contribution in [2.45, 2.75) is 26.9 Å². The van der Waals surface area contributed by atoms with Crippen molar-refractivity contribution in [3.63, 3.8) is 0 Å². The van der Waals surface area contributed by atoms with Gasteiger partial charge in [0.2, 0.25) is 0 Å². The van der Waals surface area contributed by atoms with Gasteiger partial charge in [0.05, 0.1) is 25.9 Å². The van der Waals surface area contributed by atoms with Gasteiger partial charge in [-0.25, -0.2) is 4.79 Å². The highest BCUT2D eigenvalue weighted by Gasteiger charge is 2.22. The number of Topliss-reactive ketones (excluding diaryl/α,β-unsaturated/α-hetero) is 1. The lowest BCUT2D eigenvalue weighted by Crippen LogP contribution is -2.44. The molecule has 0 unspecified atom stereocenters. The highest BCUT2D eigenvalue weighted by molar-refractivity contribution is 6.02. The highest BCUT2D eigenvalue weighted by Crippen LogP contribution is 2.25. The van der Waals surface area contributed by atoms with Crippen LogP contribution in [0, 0.1) is 6.92 Å². The summed E-state index contributed by atoms with van der Waals surface area (Å²) >= 11 is 0. The van der Waals surface area contributed by atoms with Gasteiger partial charge in [0.1, 0.15) is 17.1 Å². The maximum absolute atomic E-state index is 13.0. The molecule has 2 aromatic carbocycles. The number of hydrogen-bond donors (Lipinski definition) is 2. The summed E-state index contributed by atoms with van der Waals surface area (Å²) in [5.74, 6) is -0.0620. The number of nitrogens with zero attached hydrogens (tertiary/aromatic N) is 2. The number of anilines is 2. The second kappa shape index (κ2) is 9.34. The zero-order valence-electron chi connectivity index (χ0n) is 17.8. The summed E-state index contributed by atoms with van der Waals surface area (Å²) < 4.78 is 7.61. The fraction of sp³-hybridized carbons (Fsp3) is 0.261. The Bertz CT molecular complexity index is 1210. The van der Waals surface area contributed by atoms with Crippen LogP contribution in [0.1, 0.15) is 28.4 Å². The van der Waals surface area contributed by atoms with E-state index in [1.807, 2.05) is 49.4 Å². The van der Waals surface area contributed by atoms with Gasteiger partial charge < -0.3 is 15.8 Å². The standard InChI is InChI=1S/C23H26N4O4/c1-4-26-22(29)20(18(28)13-25-17-12-15(2)10-11-19(17)31-3)21(24)27(23(26)30)14-16-8-6-5-7-9-16/h5-12,25H,4,13-14,24H2,1-3H3. The lowest BCUT2D eigenvalue weighted by molar-refractivity contribution is 0.100. The number of methoxy groups -OCH3 is 1. The number of carbonyl (C=O) groups is 1. The number of rotatable bonds is 8. The van der Waals surface area contributed by atoms with Gasteiger partial charge in [-0.05, 0) is 37.1 Å². The first kappa shape index (κ1) is 21.9. The third-order valence-corrected chi connectivity index (χ3v) is 5.04. The number of ketones is 1. The van der Waals surface area contributed by atoms with Crippen molar-refractivity contribution in [1.29, 1.82) is 0 Å². The van der Waals surface area contributed by atoms with Crippen LogP contribution in [-0.4, -0.2) is 28.6 Å². The first-order valence-corrected chi connectivity index (χ1v) is 9.96. The Morgan fingerprint density at radius 2 is 1.81 bits per heavy atom. The maximum Gasteiger partial charge on any atom is 0.332 e. The van der Waals surface area contributed by atoms with E-state index in [1.54, 1.807) is 13.0 Å². The van der Waals surface area contributed by atoms with Crippen LogP contribution < -0.4 is 27.0 Å². The van der Waals surface area contributed by atoms with Gasteiger partial charge in [0, 0.05) is 6.54 Å². The molecule has 8 heteroatoms. The Kier molecular flexibility index (Phi) is 6.59. The topological polar surface area (TPSA) is 108 Å². The molecule has 31 heavy (non-hydrogen) atoms. The Morgan fingerprint density at radius 1 is 1.10 bits per heavy atom. The lowest BCUT2D eigenvalue weighted by Gasteiger charge is -2.16. The molecule has 0 fully saturated rings. The molecule has 1 aromatic heterocycles. The first-order chi connectivity index (χ1) is 14.9. The van der Waals surface area contributed by atoms with Gasteiger partial charge in [0.15, 0.2) is 5.78 Å². The second-order valence-electron chi connectivity index (χ2n) is 7.14. The predicted octanol–water partition coefficient (Wildman–Crippen LogP) is 2.27. The molecular formula is C23H26N4O4. The molecule has 0 radical (unpaired) electrons. The van der Waals surface area contributed by atoms with E-state index < -0.39 is 17.0 Å². The Hall–Kier alpha value is -3.81. The molecule has 0 atom stereocenters. The predicted molar refractivity (Wildman–Crippen MR) is 121 cm³/mol. The summed E-state index contributed by atoms with van der Waals surface area (Å²) in [6.07, 6.45) is 0. The van der Waals surface area contributed by atoms with E-state index >= 15 is 0 Å². The molecule has 0 aliphatic heterocycles. The van der Waals surface area contributed by atoms with Crippen LogP contribution in [-0.2, 0) is 13.1 Å². The smallest absolute Gasteiger partial charge is 0.332 e. The molecule has 8 nitrogen and oxygen atoms in total. The number of hydrogen-bond acceptors (Lipinski definition) is 6. The number of ether oxygens (including phenoxy) is 1. The summed E-state index contributed by atoms with van der Waals surface area (Å²) in [5, 5.41) is 3.01. The van der Waals surface area contributed by atoms with E-state index in [0.29, 0.717) is 11.4 Å². The number of aromatic nitrogens is 2. The summed E-state index contributed by atoms with van der Waals surface area (Å²) in [5.41, 5.74) is 7.21. The number of nitrogen functional groups attached to an aromatic ring is 1. The summed E-state index contributed by atoms with van der Waals surface area (Å²) in [4.78, 5) is 38.7. The second-order valence-corrected chi connectivity index (χ2v) is 7.14. The van der Waals surface area contributed by atoms with Crippen molar-refractivity contribution < 1.29 is 9.53 Å². The Labute approximate surface area is 179 Å². The maximum atomic E-state index is 13.0. The van der Waals surface area contributed by atoms with Crippen molar-refractivity contribution in [3.05, 3.63) is 86.1 Å². The van der Waals surface area contributed by atoms with Crippen molar-refractivity contribution in [2.75, 3.05) is 24.7 Å². The zero-order valence-corrected chi connectivity index (χ0v) is 17.8. The Morgan fingerprint density at radius 3 is 2.45 bits per heavy atom. The monoisotopic (exact) mass is 422 g/mol. The molecule has 3 aromatic rings. The molecular weight excluding hydrogens is 396 g/mol. The minimum absolute atomic E-state index is 0.131. The molecule has 0 aliphatic rings. The summed E-state index contributed by atoms with van der Waals surface area (Å²) in [6.45, 7) is 3.71. The van der Waals surface area contributed by atoms with Gasteiger partial charge in [-0.1, -0.05) is 36.4 Å². The van der Waals surface area contributed by atoms with Crippen molar-refractivity contribution in [1.82, 2.24) is 9.13 Å². The number of nitrogens with two attached hydrogens (primary N) is 1. The highest BCUT2D eigenvalue weighted by atomic mass is 16.5. The average molecular weight is 422 g/mol. The fourth-order valence-electron chi connectivity index (χ4n) is 3.40. The molecule has 0 saturated heterocycles. The first-order valence-electron chi connectivity index (χ1n) is 9.96. The van der Waals surface area contributed by atoms with E-state index in [9.17, 15) is 14.4 Å². The quantitative estimate of drug-likeness (QED) is 0.539. The van der Waals surface area contributed by atoms with Crippen molar-refractivity contribution in [3.8, 4) is 5.75 Å². The average Bonchev–Trinajstić information content (AvgIpc) is 2.76. The molecule has 0 spiro atoms. The number of carbonyl (C=O) groups excluding carboxylic acids is 1. The van der Waals surface area contributed by atoms with Crippen molar-refractivity contribution >= 4 is 17.3 Å². The van der Waals surface area contributed by atoms with Gasteiger partial charge in [0.25, 0.3) is 5.56 Å². The summed E-state index contributed by atoms with van der Waals surface area (Å²) in [6, 6.07) is 14.8. The third-order valence-electron chi connectivity index (χ3n) is 5.04. The number of nitrogens with one attached hydrogen (secondary N) is 1. The zero-order chi connectivity index (χ0) is 22.5. The number of aryl methyl sites for hydroxylation is 1. The van der Waals surface area contributed by atoms with E-state index in [4.69, 9.17) is 10.5 Å². The molecule has 0 bridgehead atoms. The summed E-state index contributed by atoms with van der Waals surface area (Å²) in [7, 11) is 1.54. The molecule has 0 amide bonds. The molecule has 0 saturated carbocycles. The molecule has 3 N–H and O–H groups in total. The molecule has 1 heterocycles. The van der Waals surface area contributed by atoms with Crippen LogP contribution in [0.5, 0.6) is 5.75 Å². The van der Waals surface area contributed by atoms with Crippen LogP contribution in [0.15, 0.2) is 58.1 Å². The van der Waals surface area contributed by atoms with Crippen LogP contribution in [0.2, 0.25) is 0 Å². The number of benzene rings is 2. The van der Waals surface area contributed by atoms with Crippen molar-refractivity contribution in [2.24, 2.45) is 0 Å². The SMILES string of the molecule is CCn1c(=O)c(C(=O)CNc2cc(C)ccc2OC)c(N)n(Cc2ccccc2)c1=O. The third kappa shape index (κ3) is 4.53. The largest absolute Gasteiger partial charge is 0.495 e. The van der Waals surface area contributed by atoms with Gasteiger partial charge in [-0.2, -0.15) is 0 Å². The molecule has 0 aliphatic carbocycles. The molecule has 3 rings (SSSR count). The van der Waals surface area contributed by atoms with E-state index in [0.717, 1.165) is 15.7 Å². The minimum atomic E-state index is -0.683. The van der Waals surface area contributed by atoms with Crippen LogP contribution in [0.4, 0.5) is 11.5 Å². The van der Waals surface area contributed by atoms with Crippen LogP contribution >= 0.6 is 0 Å². The Balaban J connectivity index is 1.99. The van der Waals surface area contributed by atoms with E-state index in [2.05, 4.69) is 5.32 Å². The van der Waals surface area contributed by atoms with Gasteiger partial charge in [-0.15, -0.1) is 0 Å². The van der Waals surface area contributed by atoms with Gasteiger partial charge >= 0.3 is 5.69 Å². The van der Waals surface area contributed by atoms with Crippen LogP contribution in [0.25, 0.3) is 0 Å². The normalized spacial score (nSPS) is 10.7. The lowest BCUT2D eigenvalue weighted by atomic mass is 10.1. The van der Waals surface area contributed by atoms with Crippen LogP contribution in [0.3, 0.4) is 0 Å². The fourth-order valence-corrected chi connectivity index (χ4v) is 3.40. The van der Waals surface area contributed by atoms with E-state index in [1.165, 1.54) is 11.7 Å². The van der Waals surface area contributed by atoms with Gasteiger partial charge in [-0.3, -0.25) is 18.7 Å².